The van der Waals surface area contributed by atoms with Gasteiger partial charge >= 0.3 is 0 Å². The zero-order valence-corrected chi connectivity index (χ0v) is 10.6. The molecule has 0 aliphatic heterocycles. The fraction of sp³-hybridized carbons (Fsp3) is 0. The van der Waals surface area contributed by atoms with Crippen molar-refractivity contribution in [1.82, 2.24) is 4.98 Å². The van der Waals surface area contributed by atoms with E-state index < -0.39 is 11.6 Å². The van der Waals surface area contributed by atoms with Gasteiger partial charge in [-0.3, -0.25) is 4.98 Å². The van der Waals surface area contributed by atoms with Crippen LogP contribution in [0.3, 0.4) is 0 Å². The molecule has 0 radical (unpaired) electrons. The van der Waals surface area contributed by atoms with E-state index in [0.717, 1.165) is 0 Å². The molecule has 0 unspecified atom stereocenters. The monoisotopic (exact) mass is 267 g/mol. The Kier molecular flexibility index (Phi) is 3.25. The highest BCUT2D eigenvalue weighted by molar-refractivity contribution is 5.73. The molecule has 3 heteroatoms. The first-order chi connectivity index (χ1) is 9.77. The van der Waals surface area contributed by atoms with Crippen LogP contribution in [0.5, 0.6) is 0 Å². The summed E-state index contributed by atoms with van der Waals surface area (Å²) < 4.78 is 28.6. The maximum absolute atomic E-state index is 14.6. The second kappa shape index (κ2) is 5.21. The highest BCUT2D eigenvalue weighted by atomic mass is 19.1. The molecule has 3 aromatic rings. The van der Waals surface area contributed by atoms with E-state index in [0.29, 0.717) is 16.8 Å². The molecule has 0 bridgehead atoms. The second-order valence-electron chi connectivity index (χ2n) is 4.36. The van der Waals surface area contributed by atoms with Crippen molar-refractivity contribution < 1.29 is 8.78 Å². The molecule has 0 saturated carbocycles. The van der Waals surface area contributed by atoms with E-state index in [-0.39, 0.29) is 5.56 Å². The van der Waals surface area contributed by atoms with Crippen LogP contribution >= 0.6 is 0 Å². The van der Waals surface area contributed by atoms with Gasteiger partial charge in [-0.15, -0.1) is 0 Å². The predicted molar refractivity (Wildman–Crippen MR) is 75.0 cm³/mol. The molecule has 0 N–H and O–H groups in total. The zero-order chi connectivity index (χ0) is 13.9. The van der Waals surface area contributed by atoms with E-state index in [1.807, 2.05) is 6.07 Å². The maximum atomic E-state index is 14.6. The molecule has 0 atom stereocenters. The topological polar surface area (TPSA) is 12.9 Å². The molecule has 0 spiro atoms. The van der Waals surface area contributed by atoms with Crippen molar-refractivity contribution >= 4 is 0 Å². The molecular formula is C17H11F2N. The van der Waals surface area contributed by atoms with Gasteiger partial charge in [0.25, 0.3) is 0 Å². The lowest BCUT2D eigenvalue weighted by Crippen LogP contribution is -1.95. The summed E-state index contributed by atoms with van der Waals surface area (Å²) in [6, 6.07) is 16.6. The number of halogens is 2. The lowest BCUT2D eigenvalue weighted by atomic mass is 9.99. The third-order valence-electron chi connectivity index (χ3n) is 3.09. The first kappa shape index (κ1) is 12.5. The Bertz CT molecular complexity index is 725. The van der Waals surface area contributed by atoms with Gasteiger partial charge in [-0.1, -0.05) is 36.4 Å². The number of aromatic nitrogens is 1. The van der Waals surface area contributed by atoms with Gasteiger partial charge in [0.1, 0.15) is 11.6 Å². The number of pyridine rings is 1. The lowest BCUT2D eigenvalue weighted by Gasteiger charge is -2.09. The third-order valence-corrected chi connectivity index (χ3v) is 3.09. The molecule has 0 aliphatic carbocycles. The Morgan fingerprint density at radius 2 is 1.50 bits per heavy atom. The van der Waals surface area contributed by atoms with Crippen LogP contribution in [-0.4, -0.2) is 4.98 Å². The zero-order valence-electron chi connectivity index (χ0n) is 10.6. The fourth-order valence-corrected chi connectivity index (χ4v) is 2.14. The lowest BCUT2D eigenvalue weighted by molar-refractivity contribution is 0.591. The van der Waals surface area contributed by atoms with Crippen molar-refractivity contribution in [2.75, 3.05) is 0 Å². The van der Waals surface area contributed by atoms with Crippen LogP contribution in [0.1, 0.15) is 0 Å². The van der Waals surface area contributed by atoms with Gasteiger partial charge in [0.2, 0.25) is 0 Å². The van der Waals surface area contributed by atoms with Crippen LogP contribution in [-0.2, 0) is 0 Å². The quantitative estimate of drug-likeness (QED) is 0.656. The van der Waals surface area contributed by atoms with E-state index in [2.05, 4.69) is 4.98 Å². The molecule has 1 aromatic heterocycles. The molecule has 1 nitrogen and oxygen atoms in total. The van der Waals surface area contributed by atoms with Gasteiger partial charge in [-0.25, -0.2) is 8.78 Å². The molecule has 2 aromatic carbocycles. The van der Waals surface area contributed by atoms with E-state index in [9.17, 15) is 8.78 Å². The average Bonchev–Trinajstić information content (AvgIpc) is 2.49. The minimum atomic E-state index is -0.588. The van der Waals surface area contributed by atoms with Gasteiger partial charge in [0.05, 0.1) is 11.3 Å². The molecule has 20 heavy (non-hydrogen) atoms. The maximum Gasteiger partial charge on any atom is 0.143 e. The van der Waals surface area contributed by atoms with E-state index in [4.69, 9.17) is 0 Å². The summed E-state index contributed by atoms with van der Waals surface area (Å²) in [5.41, 5.74) is 1.28. The normalized spacial score (nSPS) is 10.5. The Morgan fingerprint density at radius 3 is 2.20 bits per heavy atom. The molecule has 0 saturated heterocycles. The van der Waals surface area contributed by atoms with Crippen molar-refractivity contribution in [3.05, 3.63) is 78.5 Å². The molecular weight excluding hydrogens is 256 g/mol. The van der Waals surface area contributed by atoms with Crippen LogP contribution in [0.2, 0.25) is 0 Å². The number of rotatable bonds is 2. The van der Waals surface area contributed by atoms with Gasteiger partial charge in [-0.05, 0) is 29.8 Å². The molecule has 98 valence electrons. The van der Waals surface area contributed by atoms with E-state index in [1.165, 1.54) is 12.1 Å². The molecule has 1 heterocycles. The minimum absolute atomic E-state index is 0.0197. The standard InChI is InChI=1S/C17H11F2N/c18-14-10-9-13(15-8-4-5-11-20-15)17(19)16(14)12-6-2-1-3-7-12/h1-11H. The highest BCUT2D eigenvalue weighted by Crippen LogP contribution is 2.32. The van der Waals surface area contributed by atoms with Gasteiger partial charge in [-0.2, -0.15) is 0 Å². The summed E-state index contributed by atoms with van der Waals surface area (Å²) in [7, 11) is 0. The Hall–Kier alpha value is -2.55. The van der Waals surface area contributed by atoms with Crippen molar-refractivity contribution in [3.63, 3.8) is 0 Å². The van der Waals surface area contributed by atoms with E-state index >= 15 is 0 Å². The fourth-order valence-electron chi connectivity index (χ4n) is 2.14. The van der Waals surface area contributed by atoms with Gasteiger partial charge < -0.3 is 0 Å². The Morgan fingerprint density at radius 1 is 0.750 bits per heavy atom. The van der Waals surface area contributed by atoms with Crippen LogP contribution in [0.15, 0.2) is 66.9 Å². The Balaban J connectivity index is 2.22. The summed E-state index contributed by atoms with van der Waals surface area (Å²) in [6.45, 7) is 0. The number of benzene rings is 2. The summed E-state index contributed by atoms with van der Waals surface area (Å²) in [6.07, 6.45) is 1.58. The molecule has 3 rings (SSSR count). The highest BCUT2D eigenvalue weighted by Gasteiger charge is 2.16. The largest absolute Gasteiger partial charge is 0.256 e. The van der Waals surface area contributed by atoms with Crippen LogP contribution < -0.4 is 0 Å². The van der Waals surface area contributed by atoms with Crippen molar-refractivity contribution in [1.29, 1.82) is 0 Å². The smallest absolute Gasteiger partial charge is 0.143 e. The van der Waals surface area contributed by atoms with E-state index in [1.54, 1.807) is 48.7 Å². The van der Waals surface area contributed by atoms with Crippen LogP contribution in [0, 0.1) is 11.6 Å². The van der Waals surface area contributed by atoms with Gasteiger partial charge in [0, 0.05) is 11.8 Å². The first-order valence-corrected chi connectivity index (χ1v) is 6.22. The summed E-state index contributed by atoms with van der Waals surface area (Å²) in [4.78, 5) is 4.11. The minimum Gasteiger partial charge on any atom is -0.256 e. The van der Waals surface area contributed by atoms with Crippen LogP contribution in [0.4, 0.5) is 8.78 Å². The van der Waals surface area contributed by atoms with Gasteiger partial charge in [0.15, 0.2) is 0 Å². The number of nitrogens with zero attached hydrogens (tertiary/aromatic N) is 1. The molecule has 0 fully saturated rings. The summed E-state index contributed by atoms with van der Waals surface area (Å²) >= 11 is 0. The molecule has 0 amide bonds. The van der Waals surface area contributed by atoms with Crippen molar-refractivity contribution in [2.24, 2.45) is 0 Å². The van der Waals surface area contributed by atoms with Crippen molar-refractivity contribution in [3.8, 4) is 22.4 Å². The average molecular weight is 267 g/mol. The summed E-state index contributed by atoms with van der Waals surface area (Å²) in [5, 5.41) is 0. The predicted octanol–water partition coefficient (Wildman–Crippen LogP) is 4.69. The SMILES string of the molecule is Fc1ccc(-c2ccccn2)c(F)c1-c1ccccc1. The summed E-state index contributed by atoms with van der Waals surface area (Å²) in [5.74, 6) is -1.16. The number of hydrogen-bond donors (Lipinski definition) is 0. The van der Waals surface area contributed by atoms with Crippen molar-refractivity contribution in [2.45, 2.75) is 0 Å². The second-order valence-corrected chi connectivity index (χ2v) is 4.36. The number of hydrogen-bond acceptors (Lipinski definition) is 1. The molecule has 0 aliphatic rings. The first-order valence-electron chi connectivity index (χ1n) is 6.22. The van der Waals surface area contributed by atoms with Crippen LogP contribution in [0.25, 0.3) is 22.4 Å². The third kappa shape index (κ3) is 2.18. The Labute approximate surface area is 115 Å².